The number of H-pyrrole nitrogens is 1. The molecule has 2 aliphatic rings. The summed E-state index contributed by atoms with van der Waals surface area (Å²) in [5.74, 6) is 1.76. The summed E-state index contributed by atoms with van der Waals surface area (Å²) >= 11 is 1.40. The third kappa shape index (κ3) is 5.78. The number of rotatable bonds is 8. The number of carbonyl (C=O) groups is 1. The van der Waals surface area contributed by atoms with Crippen molar-refractivity contribution in [2.45, 2.75) is 75.1 Å². The first kappa shape index (κ1) is 21.2. The molecular weight excluding hydrogens is 394 g/mol. The Bertz CT molecular complexity index is 809. The van der Waals surface area contributed by atoms with Gasteiger partial charge in [-0.25, -0.2) is 4.98 Å². The number of hydrogen-bond donors (Lipinski definition) is 2. The van der Waals surface area contributed by atoms with Gasteiger partial charge < -0.3 is 10.2 Å². The standard InChI is InChI=1S/C23H33N5OS/c1-17(30-23-25-21(26-27-23)14-9-18-7-3-4-8-18)22(29)24-19-10-12-20(13-11-19)28-15-5-2-6-16-28/h10-13,17-18H,2-9,14-16H2,1H3,(H,24,29)(H,25,26,27). The summed E-state index contributed by atoms with van der Waals surface area (Å²) in [6.45, 7) is 4.15. The highest BCUT2D eigenvalue weighted by Gasteiger charge is 2.19. The first-order valence-corrected chi connectivity index (χ1v) is 12.3. The molecule has 7 heteroatoms. The first-order chi connectivity index (χ1) is 14.7. The Balaban J connectivity index is 1.24. The van der Waals surface area contributed by atoms with Crippen LogP contribution in [0.2, 0.25) is 0 Å². The number of anilines is 2. The highest BCUT2D eigenvalue weighted by molar-refractivity contribution is 8.00. The Hall–Kier alpha value is -2.02. The Morgan fingerprint density at radius 3 is 2.63 bits per heavy atom. The molecule has 6 nitrogen and oxygen atoms in total. The van der Waals surface area contributed by atoms with Gasteiger partial charge in [-0.15, -0.1) is 5.10 Å². The van der Waals surface area contributed by atoms with Crippen molar-refractivity contribution >= 4 is 29.0 Å². The number of nitrogens with zero attached hydrogens (tertiary/aromatic N) is 3. The molecule has 0 radical (unpaired) electrons. The Labute approximate surface area is 183 Å². The zero-order valence-corrected chi connectivity index (χ0v) is 18.7. The Kier molecular flexibility index (Phi) is 7.31. The second-order valence-corrected chi connectivity index (χ2v) is 9.91. The predicted molar refractivity (Wildman–Crippen MR) is 123 cm³/mol. The monoisotopic (exact) mass is 427 g/mol. The molecule has 2 N–H and O–H groups in total. The zero-order chi connectivity index (χ0) is 20.8. The normalized spacial score (nSPS) is 18.5. The van der Waals surface area contributed by atoms with Crippen LogP contribution in [0, 0.1) is 5.92 Å². The van der Waals surface area contributed by atoms with Crippen LogP contribution in [-0.2, 0) is 11.2 Å². The summed E-state index contributed by atoms with van der Waals surface area (Å²) < 4.78 is 0. The lowest BCUT2D eigenvalue weighted by atomic mass is 10.0. The molecule has 1 aromatic heterocycles. The lowest BCUT2D eigenvalue weighted by Crippen LogP contribution is -2.29. The van der Waals surface area contributed by atoms with Crippen molar-refractivity contribution in [3.8, 4) is 0 Å². The van der Waals surface area contributed by atoms with E-state index in [1.54, 1.807) is 0 Å². The van der Waals surface area contributed by atoms with Crippen molar-refractivity contribution in [3.63, 3.8) is 0 Å². The van der Waals surface area contributed by atoms with E-state index >= 15 is 0 Å². The first-order valence-electron chi connectivity index (χ1n) is 11.4. The minimum Gasteiger partial charge on any atom is -0.372 e. The van der Waals surface area contributed by atoms with Crippen molar-refractivity contribution in [2.75, 3.05) is 23.3 Å². The van der Waals surface area contributed by atoms with E-state index in [0.29, 0.717) is 5.16 Å². The van der Waals surface area contributed by atoms with Crippen molar-refractivity contribution in [2.24, 2.45) is 5.92 Å². The second kappa shape index (κ2) is 10.3. The van der Waals surface area contributed by atoms with E-state index in [2.05, 4.69) is 37.5 Å². The van der Waals surface area contributed by atoms with Crippen LogP contribution in [0.4, 0.5) is 11.4 Å². The molecule has 0 spiro atoms. The molecule has 1 atom stereocenters. The molecule has 1 saturated heterocycles. The van der Waals surface area contributed by atoms with Gasteiger partial charge in [-0.3, -0.25) is 9.89 Å². The number of amides is 1. The average molecular weight is 428 g/mol. The number of thioether (sulfide) groups is 1. The van der Waals surface area contributed by atoms with Crippen molar-refractivity contribution in [1.82, 2.24) is 15.2 Å². The fourth-order valence-electron chi connectivity index (χ4n) is 4.45. The maximum Gasteiger partial charge on any atom is 0.237 e. The summed E-state index contributed by atoms with van der Waals surface area (Å²) in [6.07, 6.45) is 11.4. The number of piperidine rings is 1. The lowest BCUT2D eigenvalue weighted by molar-refractivity contribution is -0.115. The van der Waals surface area contributed by atoms with E-state index in [-0.39, 0.29) is 11.2 Å². The van der Waals surface area contributed by atoms with Gasteiger partial charge in [0.1, 0.15) is 5.82 Å². The van der Waals surface area contributed by atoms with Crippen LogP contribution >= 0.6 is 11.8 Å². The smallest absolute Gasteiger partial charge is 0.237 e. The fraction of sp³-hybridized carbons (Fsp3) is 0.609. The molecule has 4 rings (SSSR count). The number of hydrogen-bond acceptors (Lipinski definition) is 5. The molecule has 0 bridgehead atoms. The molecular formula is C23H33N5OS. The van der Waals surface area contributed by atoms with E-state index in [9.17, 15) is 4.79 Å². The number of carbonyl (C=O) groups excluding carboxylic acids is 1. The van der Waals surface area contributed by atoms with Gasteiger partial charge >= 0.3 is 0 Å². The maximum absolute atomic E-state index is 12.6. The lowest BCUT2D eigenvalue weighted by Gasteiger charge is -2.28. The number of aromatic amines is 1. The number of aryl methyl sites for hydroxylation is 1. The van der Waals surface area contributed by atoms with Gasteiger partial charge in [0.05, 0.1) is 5.25 Å². The van der Waals surface area contributed by atoms with Crippen LogP contribution in [0.3, 0.4) is 0 Å². The third-order valence-corrected chi connectivity index (χ3v) is 7.24. The van der Waals surface area contributed by atoms with Gasteiger partial charge in [-0.05, 0) is 62.8 Å². The van der Waals surface area contributed by atoms with Crippen LogP contribution < -0.4 is 10.2 Å². The van der Waals surface area contributed by atoms with Crippen molar-refractivity contribution in [3.05, 3.63) is 30.1 Å². The molecule has 2 heterocycles. The van der Waals surface area contributed by atoms with Gasteiger partial charge in [0.2, 0.25) is 11.1 Å². The second-order valence-electron chi connectivity index (χ2n) is 8.60. The van der Waals surface area contributed by atoms with Gasteiger partial charge in [0, 0.05) is 30.9 Å². The van der Waals surface area contributed by atoms with Crippen LogP contribution in [0.25, 0.3) is 0 Å². The quantitative estimate of drug-likeness (QED) is 0.578. The molecule has 1 unspecified atom stereocenters. The molecule has 1 saturated carbocycles. The van der Waals surface area contributed by atoms with Crippen LogP contribution in [-0.4, -0.2) is 39.4 Å². The number of nitrogens with one attached hydrogen (secondary N) is 2. The maximum atomic E-state index is 12.6. The SMILES string of the molecule is CC(Sc1n[nH]c(CCC2CCCC2)n1)C(=O)Nc1ccc(N2CCCCC2)cc1. The third-order valence-electron chi connectivity index (χ3n) is 6.28. The molecule has 2 aromatic rings. The highest BCUT2D eigenvalue weighted by Crippen LogP contribution is 2.29. The van der Waals surface area contributed by atoms with Crippen LogP contribution in [0.1, 0.15) is 64.1 Å². The largest absolute Gasteiger partial charge is 0.372 e. The summed E-state index contributed by atoms with van der Waals surface area (Å²) in [5.41, 5.74) is 2.07. The van der Waals surface area contributed by atoms with E-state index in [1.165, 1.54) is 68.8 Å². The average Bonchev–Trinajstić information content (AvgIpc) is 3.45. The molecule has 30 heavy (non-hydrogen) atoms. The molecule has 162 valence electrons. The van der Waals surface area contributed by atoms with Gasteiger partial charge in [0.25, 0.3) is 0 Å². The summed E-state index contributed by atoms with van der Waals surface area (Å²) in [5, 5.41) is 10.7. The van der Waals surface area contributed by atoms with E-state index in [4.69, 9.17) is 0 Å². The fourth-order valence-corrected chi connectivity index (χ4v) is 5.19. The number of benzene rings is 1. The van der Waals surface area contributed by atoms with Crippen LogP contribution in [0.15, 0.2) is 29.4 Å². The van der Waals surface area contributed by atoms with Crippen LogP contribution in [0.5, 0.6) is 0 Å². The molecule has 1 amide bonds. The van der Waals surface area contributed by atoms with Gasteiger partial charge in [-0.1, -0.05) is 37.4 Å². The van der Waals surface area contributed by atoms with Gasteiger partial charge in [-0.2, -0.15) is 0 Å². The number of aromatic nitrogens is 3. The zero-order valence-electron chi connectivity index (χ0n) is 17.9. The minimum absolute atomic E-state index is 0.0250. The molecule has 2 fully saturated rings. The Morgan fingerprint density at radius 1 is 1.17 bits per heavy atom. The predicted octanol–water partition coefficient (Wildman–Crippen LogP) is 5.04. The molecule has 1 aromatic carbocycles. The Morgan fingerprint density at radius 2 is 1.90 bits per heavy atom. The highest BCUT2D eigenvalue weighted by atomic mass is 32.2. The minimum atomic E-state index is -0.259. The summed E-state index contributed by atoms with van der Waals surface area (Å²) in [6, 6.07) is 8.19. The van der Waals surface area contributed by atoms with E-state index in [1.807, 2.05) is 19.1 Å². The van der Waals surface area contributed by atoms with E-state index < -0.39 is 0 Å². The molecule has 1 aliphatic carbocycles. The molecule has 1 aliphatic heterocycles. The van der Waals surface area contributed by atoms with E-state index in [0.717, 1.165) is 36.9 Å². The van der Waals surface area contributed by atoms with Gasteiger partial charge in [0.15, 0.2) is 0 Å². The summed E-state index contributed by atoms with van der Waals surface area (Å²) in [7, 11) is 0. The van der Waals surface area contributed by atoms with Crippen molar-refractivity contribution in [1.29, 1.82) is 0 Å². The summed E-state index contributed by atoms with van der Waals surface area (Å²) in [4.78, 5) is 19.6. The van der Waals surface area contributed by atoms with Crippen molar-refractivity contribution < 1.29 is 4.79 Å². The topological polar surface area (TPSA) is 73.9 Å².